The second-order valence-electron chi connectivity index (χ2n) is 7.84. The molecular weight excluding hydrogens is 364 g/mol. The molecule has 0 N–H and O–H groups in total. The normalized spacial score (nSPS) is 19.6. The van der Waals surface area contributed by atoms with Crippen molar-refractivity contribution in [2.45, 2.75) is 45.6 Å². The van der Waals surface area contributed by atoms with E-state index in [0.29, 0.717) is 24.3 Å². The lowest BCUT2D eigenvalue weighted by Gasteiger charge is -2.31. The van der Waals surface area contributed by atoms with Gasteiger partial charge in [0.2, 0.25) is 11.8 Å². The maximum atomic E-state index is 14.1. The molecule has 0 spiro atoms. The first-order valence-electron chi connectivity index (χ1n) is 10.2. The highest BCUT2D eigenvalue weighted by molar-refractivity contribution is 5.94. The Morgan fingerprint density at radius 2 is 1.68 bits per heavy atom. The number of amides is 2. The average Bonchev–Trinajstić information content (AvgIpc) is 3.50. The zero-order valence-corrected chi connectivity index (χ0v) is 16.7. The van der Waals surface area contributed by atoms with Gasteiger partial charge in [0.25, 0.3) is 0 Å². The molecule has 0 bridgehead atoms. The van der Waals surface area contributed by atoms with Crippen LogP contribution in [0, 0.1) is 17.6 Å². The largest absolute Gasteiger partial charge is 0.338 e. The summed E-state index contributed by atoms with van der Waals surface area (Å²) in [5, 5.41) is 0. The zero-order valence-electron chi connectivity index (χ0n) is 16.7. The van der Waals surface area contributed by atoms with Crippen molar-refractivity contribution in [3.63, 3.8) is 0 Å². The highest BCUT2D eigenvalue weighted by Crippen LogP contribution is 2.33. The third-order valence-corrected chi connectivity index (χ3v) is 5.50. The number of hydrogen-bond acceptors (Lipinski definition) is 3. The van der Waals surface area contributed by atoms with Crippen molar-refractivity contribution in [1.82, 2.24) is 9.80 Å². The van der Waals surface area contributed by atoms with Crippen molar-refractivity contribution in [1.29, 1.82) is 0 Å². The lowest BCUT2D eigenvalue weighted by Crippen LogP contribution is -2.38. The first-order chi connectivity index (χ1) is 13.4. The third kappa shape index (κ3) is 4.87. The van der Waals surface area contributed by atoms with E-state index in [0.717, 1.165) is 50.9 Å². The molecule has 1 aliphatic heterocycles. The topological polar surface area (TPSA) is 43.9 Å². The maximum Gasteiger partial charge on any atom is 0.226 e. The summed E-state index contributed by atoms with van der Waals surface area (Å²) in [6.45, 7) is 4.60. The second-order valence-corrected chi connectivity index (χ2v) is 7.84. The minimum absolute atomic E-state index is 0.0488. The van der Waals surface area contributed by atoms with Crippen LogP contribution in [0.4, 0.5) is 14.5 Å². The number of fused-ring (bicyclic) bond motifs is 1. The standard InChI is InChI=1S/C21H29F2N3O2/c1-3-20(27)26-11-5-9-24(2)8-4-10-25(21(28)15-6-7-15)14-16-12-17(22)18(23)13-19(16)26/h12-13,15H,3-11,14H2,1-2H3. The minimum Gasteiger partial charge on any atom is -0.338 e. The molecule has 1 heterocycles. The Labute approximate surface area is 165 Å². The Bertz CT molecular complexity index is 737. The van der Waals surface area contributed by atoms with Gasteiger partial charge in [-0.15, -0.1) is 0 Å². The van der Waals surface area contributed by atoms with E-state index >= 15 is 0 Å². The number of hydrogen-bond donors (Lipinski definition) is 0. The van der Waals surface area contributed by atoms with Crippen LogP contribution in [-0.4, -0.2) is 54.8 Å². The predicted molar refractivity (Wildman–Crippen MR) is 104 cm³/mol. The van der Waals surface area contributed by atoms with E-state index in [1.807, 2.05) is 7.05 Å². The van der Waals surface area contributed by atoms with Crippen molar-refractivity contribution in [2.75, 3.05) is 38.1 Å². The summed E-state index contributed by atoms with van der Waals surface area (Å²) in [4.78, 5) is 30.8. The Morgan fingerprint density at radius 1 is 1.04 bits per heavy atom. The molecule has 1 aliphatic carbocycles. The predicted octanol–water partition coefficient (Wildman–Crippen LogP) is 3.17. The summed E-state index contributed by atoms with van der Waals surface area (Å²) in [6, 6.07) is 2.25. The fourth-order valence-corrected chi connectivity index (χ4v) is 3.73. The Hall–Kier alpha value is -2.02. The van der Waals surface area contributed by atoms with Crippen molar-refractivity contribution < 1.29 is 18.4 Å². The Morgan fingerprint density at radius 3 is 2.32 bits per heavy atom. The van der Waals surface area contributed by atoms with Crippen LogP contribution in [0.25, 0.3) is 0 Å². The first-order valence-corrected chi connectivity index (χ1v) is 10.2. The minimum atomic E-state index is -0.975. The fourth-order valence-electron chi connectivity index (χ4n) is 3.73. The molecule has 1 aromatic rings. The fraction of sp³-hybridized carbons (Fsp3) is 0.619. The molecule has 0 atom stereocenters. The smallest absolute Gasteiger partial charge is 0.226 e. The molecule has 1 saturated carbocycles. The van der Waals surface area contributed by atoms with Crippen LogP contribution < -0.4 is 4.90 Å². The van der Waals surface area contributed by atoms with Gasteiger partial charge in [-0.3, -0.25) is 9.59 Å². The van der Waals surface area contributed by atoms with Gasteiger partial charge < -0.3 is 14.7 Å². The van der Waals surface area contributed by atoms with Crippen LogP contribution in [0.15, 0.2) is 12.1 Å². The SMILES string of the molecule is CCC(=O)N1CCCN(C)CCCN(C(=O)C2CC2)Cc2cc(F)c(F)cc21. The van der Waals surface area contributed by atoms with Crippen molar-refractivity contribution in [3.8, 4) is 0 Å². The van der Waals surface area contributed by atoms with Crippen LogP contribution in [-0.2, 0) is 16.1 Å². The number of nitrogens with zero attached hydrogens (tertiary/aromatic N) is 3. The van der Waals surface area contributed by atoms with Gasteiger partial charge in [-0.2, -0.15) is 0 Å². The highest BCUT2D eigenvalue weighted by Gasteiger charge is 2.34. The zero-order chi connectivity index (χ0) is 20.3. The number of carbonyl (C=O) groups excluding carboxylic acids is 2. The van der Waals surface area contributed by atoms with E-state index < -0.39 is 11.6 Å². The number of rotatable bonds is 2. The van der Waals surface area contributed by atoms with Crippen LogP contribution in [0.3, 0.4) is 0 Å². The first kappa shape index (κ1) is 20.7. The average molecular weight is 393 g/mol. The summed E-state index contributed by atoms with van der Waals surface area (Å²) in [6.07, 6.45) is 3.62. The third-order valence-electron chi connectivity index (χ3n) is 5.50. The summed E-state index contributed by atoms with van der Waals surface area (Å²) < 4.78 is 28.1. The van der Waals surface area contributed by atoms with Gasteiger partial charge in [0.1, 0.15) is 0 Å². The molecule has 0 aromatic heterocycles. The highest BCUT2D eigenvalue weighted by atomic mass is 19.2. The van der Waals surface area contributed by atoms with Crippen LogP contribution >= 0.6 is 0 Å². The van der Waals surface area contributed by atoms with E-state index in [-0.39, 0.29) is 30.7 Å². The van der Waals surface area contributed by atoms with Gasteiger partial charge in [-0.1, -0.05) is 6.92 Å². The van der Waals surface area contributed by atoms with E-state index in [1.165, 1.54) is 0 Å². The molecule has 7 heteroatoms. The maximum absolute atomic E-state index is 14.1. The van der Waals surface area contributed by atoms with Crippen LogP contribution in [0.5, 0.6) is 0 Å². The number of carbonyl (C=O) groups is 2. The number of benzene rings is 1. The van der Waals surface area contributed by atoms with E-state index in [2.05, 4.69) is 4.90 Å². The molecule has 2 aliphatic rings. The Kier molecular flexibility index (Phi) is 6.65. The molecule has 1 aromatic carbocycles. The van der Waals surface area contributed by atoms with Crippen LogP contribution in [0.2, 0.25) is 0 Å². The molecule has 1 fully saturated rings. The summed E-state index contributed by atoms with van der Waals surface area (Å²) in [5.74, 6) is -1.94. The second kappa shape index (κ2) is 8.99. The van der Waals surface area contributed by atoms with E-state index in [4.69, 9.17) is 0 Å². The van der Waals surface area contributed by atoms with E-state index in [1.54, 1.807) is 16.7 Å². The quantitative estimate of drug-likeness (QED) is 0.775. The van der Waals surface area contributed by atoms with Gasteiger partial charge in [0.15, 0.2) is 11.6 Å². The van der Waals surface area contributed by atoms with Gasteiger partial charge in [0.05, 0.1) is 5.69 Å². The number of anilines is 1. The molecule has 2 amide bonds. The van der Waals surface area contributed by atoms with Crippen molar-refractivity contribution >= 4 is 17.5 Å². The molecule has 0 unspecified atom stereocenters. The van der Waals surface area contributed by atoms with Gasteiger partial charge in [-0.05, 0) is 57.5 Å². The van der Waals surface area contributed by atoms with Gasteiger partial charge in [0, 0.05) is 38.0 Å². The molecule has 5 nitrogen and oxygen atoms in total. The molecule has 0 radical (unpaired) electrons. The molecular formula is C21H29F2N3O2. The summed E-state index contributed by atoms with van der Waals surface area (Å²) in [5.41, 5.74) is 0.867. The van der Waals surface area contributed by atoms with Gasteiger partial charge >= 0.3 is 0 Å². The lowest BCUT2D eigenvalue weighted by atomic mass is 10.1. The number of halogens is 2. The molecule has 0 saturated heterocycles. The van der Waals surface area contributed by atoms with Crippen molar-refractivity contribution in [2.24, 2.45) is 5.92 Å². The molecule has 28 heavy (non-hydrogen) atoms. The molecule has 3 rings (SSSR count). The van der Waals surface area contributed by atoms with Gasteiger partial charge in [-0.25, -0.2) is 8.78 Å². The van der Waals surface area contributed by atoms with Crippen molar-refractivity contribution in [3.05, 3.63) is 29.3 Å². The summed E-state index contributed by atoms with van der Waals surface area (Å²) >= 11 is 0. The Balaban J connectivity index is 1.99. The van der Waals surface area contributed by atoms with E-state index in [9.17, 15) is 18.4 Å². The van der Waals surface area contributed by atoms with Crippen LogP contribution in [0.1, 0.15) is 44.6 Å². The monoisotopic (exact) mass is 393 g/mol. The molecule has 154 valence electrons. The lowest BCUT2D eigenvalue weighted by molar-refractivity contribution is -0.133. The summed E-state index contributed by atoms with van der Waals surface area (Å²) in [7, 11) is 2.02.